The Morgan fingerprint density at radius 3 is 1.88 bits per heavy atom. The maximum absolute atomic E-state index is 12.5. The molecule has 0 unspecified atom stereocenters. The molecule has 0 spiro atoms. The van der Waals surface area contributed by atoms with Gasteiger partial charge in [0.05, 0.1) is 30.2 Å². The molecular formula is C35H32Cl4N7O2P. The third kappa shape index (κ3) is 8.38. The third-order valence-electron chi connectivity index (χ3n) is 7.40. The van der Waals surface area contributed by atoms with E-state index in [0.29, 0.717) is 11.6 Å². The molecule has 7 aromatic rings. The fourth-order valence-corrected chi connectivity index (χ4v) is 5.59. The Bertz CT molecular complexity index is 2350. The number of ketones is 1. The molecule has 9 nitrogen and oxygen atoms in total. The SMILES string of the molecule is C.C.Cc1nc2ccnn2c2c1C=C(c1ccccc1)C(=O)C2.Cc1nc2ccnn2c2nc(Cl)c(-c3ccccc3)cc12.O=P(Cl)(Cl)Cl. The van der Waals surface area contributed by atoms with Crippen LogP contribution >= 0.6 is 50.5 Å². The largest absolute Gasteiger partial charge is 0.339 e. The number of hydrogen-bond donors (Lipinski definition) is 0. The number of carbonyl (C=O) groups is 1. The molecule has 8 rings (SSSR count). The molecule has 0 saturated carbocycles. The molecule has 0 N–H and O–H groups in total. The zero-order valence-electron chi connectivity index (χ0n) is 24.9. The Morgan fingerprint density at radius 1 is 0.735 bits per heavy atom. The van der Waals surface area contributed by atoms with Crippen LogP contribution < -0.4 is 0 Å². The van der Waals surface area contributed by atoms with Crippen molar-refractivity contribution < 1.29 is 9.36 Å². The zero-order chi connectivity index (χ0) is 33.3. The van der Waals surface area contributed by atoms with Crippen molar-refractivity contribution in [3.8, 4) is 11.1 Å². The number of fused-ring (bicyclic) bond motifs is 6. The summed E-state index contributed by atoms with van der Waals surface area (Å²) in [4.78, 5) is 26.1. The number of benzene rings is 2. The summed E-state index contributed by atoms with van der Waals surface area (Å²) in [5.41, 5.74) is 9.71. The Balaban J connectivity index is 0.000000188. The topological polar surface area (TPSA) is 107 Å². The molecule has 14 heteroatoms. The second-order valence-corrected chi connectivity index (χ2v) is 17.4. The Kier molecular flexibility index (Phi) is 12.0. The van der Waals surface area contributed by atoms with Crippen molar-refractivity contribution >= 4 is 90.3 Å². The van der Waals surface area contributed by atoms with Crippen LogP contribution in [-0.2, 0) is 15.8 Å². The molecule has 1 aliphatic carbocycles. The smallest absolute Gasteiger partial charge is 0.294 e. The summed E-state index contributed by atoms with van der Waals surface area (Å²) < 4.78 is 13.0. The van der Waals surface area contributed by atoms with Crippen LogP contribution in [0.25, 0.3) is 45.1 Å². The van der Waals surface area contributed by atoms with E-state index >= 15 is 0 Å². The number of aromatic nitrogens is 7. The standard InChI is InChI=1S/C17H13N3O.C16H11ClN4.2CH4.Cl3OP/c1-11-13-9-14(12-5-3-2-4-6-12)16(21)10-15(13)20-17(19-11)7-8-18-20;1-10-12-9-13(11-5-3-2-4-6-11)15(17)20-16(12)21-14(19-10)7-8-18-21;;;1-5(2,3)4/h2-9H,10H2,1H3;2-9H,1H3;2*1H4;. The molecule has 2 aromatic carbocycles. The van der Waals surface area contributed by atoms with Gasteiger partial charge >= 0.3 is 5.20 Å². The summed E-state index contributed by atoms with van der Waals surface area (Å²) in [6.07, 6.45) is 5.72. The molecule has 0 aliphatic heterocycles. The van der Waals surface area contributed by atoms with Crippen molar-refractivity contribution in [3.63, 3.8) is 0 Å². The van der Waals surface area contributed by atoms with Gasteiger partial charge in [-0.25, -0.2) is 19.5 Å². The number of hydrogen-bond acceptors (Lipinski definition) is 7. The summed E-state index contributed by atoms with van der Waals surface area (Å²) in [5, 5.41) is 6.74. The van der Waals surface area contributed by atoms with Crippen LogP contribution in [0.5, 0.6) is 0 Å². The van der Waals surface area contributed by atoms with Gasteiger partial charge in [0.1, 0.15) is 5.15 Å². The molecule has 252 valence electrons. The zero-order valence-corrected chi connectivity index (χ0v) is 28.8. The molecule has 5 aromatic heterocycles. The summed E-state index contributed by atoms with van der Waals surface area (Å²) in [6.45, 7) is 3.94. The van der Waals surface area contributed by atoms with Gasteiger partial charge in [-0.2, -0.15) is 14.7 Å². The first kappa shape index (κ1) is 37.7. The third-order valence-corrected chi connectivity index (χ3v) is 7.69. The van der Waals surface area contributed by atoms with Crippen molar-refractivity contribution in [2.24, 2.45) is 0 Å². The molecule has 0 saturated heterocycles. The minimum absolute atomic E-state index is 0. The lowest BCUT2D eigenvalue weighted by atomic mass is 9.90. The number of carbonyl (C=O) groups excluding carboxylic acids is 1. The molecule has 0 fully saturated rings. The highest BCUT2D eigenvalue weighted by Gasteiger charge is 2.24. The lowest BCUT2D eigenvalue weighted by Crippen LogP contribution is -2.17. The average molecular weight is 755 g/mol. The number of Topliss-reactive ketones (excluding diaryl/α,β-unsaturated/α-hetero) is 1. The van der Waals surface area contributed by atoms with Crippen LogP contribution in [0.4, 0.5) is 0 Å². The van der Waals surface area contributed by atoms with Gasteiger partial charge in [0.15, 0.2) is 22.7 Å². The molecule has 0 bridgehead atoms. The predicted molar refractivity (Wildman–Crippen MR) is 203 cm³/mol. The normalized spacial score (nSPS) is 12.1. The highest BCUT2D eigenvalue weighted by Crippen LogP contribution is 2.61. The first-order valence-corrected chi connectivity index (χ1v) is 19.0. The molecule has 5 heterocycles. The van der Waals surface area contributed by atoms with Gasteiger partial charge in [0, 0.05) is 39.9 Å². The van der Waals surface area contributed by atoms with E-state index in [-0.39, 0.29) is 20.6 Å². The first-order valence-electron chi connectivity index (χ1n) is 14.2. The molecule has 1 aliphatic rings. The van der Waals surface area contributed by atoms with E-state index < -0.39 is 5.20 Å². The number of halogens is 4. The van der Waals surface area contributed by atoms with E-state index in [0.717, 1.165) is 67.2 Å². The summed E-state index contributed by atoms with van der Waals surface area (Å²) in [6, 6.07) is 25.5. The van der Waals surface area contributed by atoms with Crippen molar-refractivity contribution in [1.82, 2.24) is 34.2 Å². The van der Waals surface area contributed by atoms with E-state index in [4.69, 9.17) is 11.6 Å². The van der Waals surface area contributed by atoms with Crippen LogP contribution in [0.2, 0.25) is 5.15 Å². The highest BCUT2D eigenvalue weighted by atomic mass is 36.0. The fourth-order valence-electron chi connectivity index (χ4n) is 5.34. The van der Waals surface area contributed by atoms with Crippen molar-refractivity contribution in [3.05, 3.63) is 125 Å². The number of rotatable bonds is 2. The van der Waals surface area contributed by atoms with Gasteiger partial charge < -0.3 is 0 Å². The second kappa shape index (κ2) is 15.6. The van der Waals surface area contributed by atoms with Crippen LogP contribution in [0.1, 0.15) is 43.1 Å². The number of pyridine rings is 1. The second-order valence-electron chi connectivity index (χ2n) is 10.4. The predicted octanol–water partition coefficient (Wildman–Crippen LogP) is 10.7. The van der Waals surface area contributed by atoms with E-state index in [2.05, 4.69) is 58.9 Å². The van der Waals surface area contributed by atoms with Gasteiger partial charge in [-0.05, 0) is 70.8 Å². The van der Waals surface area contributed by atoms with Crippen LogP contribution in [0.3, 0.4) is 0 Å². The maximum Gasteiger partial charge on any atom is 0.339 e. The van der Waals surface area contributed by atoms with Crippen molar-refractivity contribution in [1.29, 1.82) is 0 Å². The van der Waals surface area contributed by atoms with E-state index in [9.17, 15) is 9.36 Å². The van der Waals surface area contributed by atoms with E-state index in [1.807, 2.05) is 98.8 Å². The van der Waals surface area contributed by atoms with Crippen molar-refractivity contribution in [2.45, 2.75) is 35.1 Å². The Hall–Kier alpha value is -4.11. The van der Waals surface area contributed by atoms with E-state index in [1.165, 1.54) is 0 Å². The van der Waals surface area contributed by atoms with Crippen molar-refractivity contribution in [2.75, 3.05) is 0 Å². The quantitative estimate of drug-likeness (QED) is 0.128. The lowest BCUT2D eigenvalue weighted by Gasteiger charge is -2.18. The summed E-state index contributed by atoms with van der Waals surface area (Å²) in [7, 11) is 0. The van der Waals surface area contributed by atoms with Gasteiger partial charge in [-0.15, -0.1) is 0 Å². The van der Waals surface area contributed by atoms with Crippen LogP contribution in [0, 0.1) is 13.8 Å². The van der Waals surface area contributed by atoms with E-state index in [1.54, 1.807) is 21.4 Å². The molecule has 0 radical (unpaired) electrons. The lowest BCUT2D eigenvalue weighted by molar-refractivity contribution is -0.113. The number of aryl methyl sites for hydroxylation is 2. The fraction of sp³-hybridized carbons (Fsp3) is 0.143. The Labute approximate surface area is 303 Å². The molecule has 49 heavy (non-hydrogen) atoms. The minimum atomic E-state index is -3.22. The van der Waals surface area contributed by atoms with Gasteiger partial charge in [-0.1, -0.05) is 87.1 Å². The molecule has 0 amide bonds. The van der Waals surface area contributed by atoms with Crippen LogP contribution in [-0.4, -0.2) is 40.0 Å². The maximum atomic E-state index is 12.5. The number of allylic oxidation sites excluding steroid dienone is 1. The first-order chi connectivity index (χ1) is 22.5. The highest BCUT2D eigenvalue weighted by molar-refractivity contribution is 8.24. The Morgan fingerprint density at radius 2 is 1.27 bits per heavy atom. The molecular weight excluding hydrogens is 723 g/mol. The summed E-state index contributed by atoms with van der Waals surface area (Å²) in [5.74, 6) is 0.121. The van der Waals surface area contributed by atoms with Gasteiger partial charge in [-0.3, -0.25) is 9.36 Å². The minimum Gasteiger partial charge on any atom is -0.294 e. The van der Waals surface area contributed by atoms with Gasteiger partial charge in [0.2, 0.25) is 0 Å². The average Bonchev–Trinajstić information content (AvgIpc) is 3.71. The van der Waals surface area contributed by atoms with Crippen LogP contribution in [0.15, 0.2) is 91.3 Å². The van der Waals surface area contributed by atoms with Gasteiger partial charge in [0.25, 0.3) is 0 Å². The monoisotopic (exact) mass is 753 g/mol. The summed E-state index contributed by atoms with van der Waals surface area (Å²) >= 11 is 20.2. The molecule has 0 atom stereocenters. The number of nitrogens with zero attached hydrogens (tertiary/aromatic N) is 7.